The Morgan fingerprint density at radius 2 is 1.88 bits per heavy atom. The summed E-state index contributed by atoms with van der Waals surface area (Å²) >= 11 is 0.198. The molecule has 9 N–H and O–H groups in total. The zero-order valence-electron chi connectivity index (χ0n) is 13.2. The van der Waals surface area contributed by atoms with Crippen molar-refractivity contribution >= 4 is 31.2 Å². The number of rotatable bonds is 5. The van der Waals surface area contributed by atoms with E-state index in [4.69, 9.17) is 20.5 Å². The monoisotopic (exact) mass is 434 g/mol. The number of nitrogens with two attached hydrogens (primary N) is 1. The smallest absolute Gasteiger partial charge is 0.279 e. The minimum Gasteiger partial charge on any atom is -0.374 e. The largest absolute Gasteiger partial charge is 0.374 e. The van der Waals surface area contributed by atoms with Crippen LogP contribution in [0.2, 0.25) is 0 Å². The van der Waals surface area contributed by atoms with Gasteiger partial charge in [0.2, 0.25) is 25.8 Å². The van der Waals surface area contributed by atoms with Crippen molar-refractivity contribution in [3.63, 3.8) is 0 Å². The molecule has 0 aliphatic carbocycles. The van der Waals surface area contributed by atoms with Crippen LogP contribution < -0.4 is 10.5 Å². The third kappa shape index (κ3) is 4.23. The number of hydrogen-bond acceptors (Lipinski definition) is 12. The molecule has 0 aromatic carbocycles. The Morgan fingerprint density at radius 3 is 2.31 bits per heavy atom. The number of thiophene rings is 1. The van der Waals surface area contributed by atoms with Gasteiger partial charge in [-0.2, -0.15) is 0 Å². The lowest BCUT2D eigenvalue weighted by atomic mass is 9.99. The summed E-state index contributed by atoms with van der Waals surface area (Å²) in [7, 11) is -9.09. The Hall–Kier alpha value is -0.720. The Balaban J connectivity index is 2.71. The van der Waals surface area contributed by atoms with Gasteiger partial charge in [0.05, 0.1) is 6.42 Å². The van der Waals surface area contributed by atoms with Gasteiger partial charge in [-0.3, -0.25) is 5.32 Å². The summed E-state index contributed by atoms with van der Waals surface area (Å²) in [4.78, 5) is -2.96. The van der Waals surface area contributed by atoms with E-state index in [0.29, 0.717) is 0 Å². The predicted molar refractivity (Wildman–Crippen MR) is 85.2 cm³/mol. The summed E-state index contributed by atoms with van der Waals surface area (Å²) in [5, 5.41) is 64.1. The summed E-state index contributed by atoms with van der Waals surface area (Å²) in [6.07, 6.45) is -2.32. The standard InChI is InChI=1S/C11H18N2O10S3/c1-9(14,15)13-6-3-10(16,4-11(17,18)19)25(20,21)8-5(6)2-7(24-8)26(12,22)23/h2,6,13-19H,3-4H2,1H3,(H2,12,22,23). The molecule has 1 aliphatic heterocycles. The second kappa shape index (κ2) is 6.14. The van der Waals surface area contributed by atoms with Crippen molar-refractivity contribution in [2.45, 2.75) is 51.0 Å². The first-order chi connectivity index (χ1) is 11.4. The van der Waals surface area contributed by atoms with Crippen LogP contribution in [0.25, 0.3) is 0 Å². The van der Waals surface area contributed by atoms with Crippen molar-refractivity contribution in [1.82, 2.24) is 5.32 Å². The Morgan fingerprint density at radius 1 is 1.35 bits per heavy atom. The van der Waals surface area contributed by atoms with Gasteiger partial charge in [-0.1, -0.05) is 0 Å². The van der Waals surface area contributed by atoms with E-state index in [0.717, 1.165) is 13.0 Å². The fraction of sp³-hybridized carbons (Fsp3) is 0.636. The molecule has 2 heterocycles. The average molecular weight is 434 g/mol. The minimum atomic E-state index is -4.77. The zero-order chi connectivity index (χ0) is 20.3. The molecule has 0 radical (unpaired) electrons. The molecule has 0 fully saturated rings. The lowest BCUT2D eigenvalue weighted by molar-refractivity contribution is -0.326. The van der Waals surface area contributed by atoms with Gasteiger partial charge in [0, 0.05) is 24.9 Å². The highest BCUT2D eigenvalue weighted by Crippen LogP contribution is 2.48. The zero-order valence-corrected chi connectivity index (χ0v) is 15.6. The van der Waals surface area contributed by atoms with Crippen LogP contribution in [-0.4, -0.2) is 64.3 Å². The van der Waals surface area contributed by atoms with Gasteiger partial charge in [0.1, 0.15) is 8.42 Å². The number of sulfonamides is 1. The number of aliphatic hydroxyl groups is 6. The fourth-order valence-corrected chi connectivity index (χ4v) is 7.32. The molecular weight excluding hydrogens is 416 g/mol. The summed E-state index contributed by atoms with van der Waals surface area (Å²) in [6.45, 7) is 0.885. The van der Waals surface area contributed by atoms with Crippen molar-refractivity contribution in [3.05, 3.63) is 11.6 Å². The number of sulfone groups is 1. The predicted octanol–water partition coefficient (Wildman–Crippen LogP) is -3.43. The van der Waals surface area contributed by atoms with Crippen molar-refractivity contribution < 1.29 is 47.5 Å². The van der Waals surface area contributed by atoms with Gasteiger partial charge in [-0.05, 0) is 6.07 Å². The van der Waals surface area contributed by atoms with Crippen molar-refractivity contribution in [3.8, 4) is 0 Å². The van der Waals surface area contributed by atoms with E-state index < -0.39 is 64.0 Å². The van der Waals surface area contributed by atoms with E-state index in [1.807, 2.05) is 0 Å². The van der Waals surface area contributed by atoms with Gasteiger partial charge in [-0.25, -0.2) is 22.0 Å². The van der Waals surface area contributed by atoms with Crippen molar-refractivity contribution in [1.29, 1.82) is 0 Å². The molecule has 26 heavy (non-hydrogen) atoms. The Kier molecular flexibility index (Phi) is 5.10. The molecule has 15 heteroatoms. The molecule has 0 saturated heterocycles. The number of nitrogens with one attached hydrogen (secondary N) is 1. The SMILES string of the molecule is CC(O)(O)NC1CC(O)(CC(O)(O)O)S(=O)(=O)c2sc(S(N)(=O)=O)cc21. The lowest BCUT2D eigenvalue weighted by Gasteiger charge is -2.39. The van der Waals surface area contributed by atoms with Gasteiger partial charge < -0.3 is 30.6 Å². The molecule has 0 spiro atoms. The highest BCUT2D eigenvalue weighted by Gasteiger charge is 2.55. The summed E-state index contributed by atoms with van der Waals surface area (Å²) in [6, 6.07) is -0.437. The average Bonchev–Trinajstić information content (AvgIpc) is 2.77. The maximum absolute atomic E-state index is 12.7. The number of primary sulfonamides is 1. The topological polar surface area (TPSA) is 228 Å². The molecule has 2 atom stereocenters. The first-order valence-electron chi connectivity index (χ1n) is 6.89. The van der Waals surface area contributed by atoms with E-state index >= 15 is 0 Å². The first kappa shape index (κ1) is 21.6. The maximum atomic E-state index is 12.7. The molecule has 0 bridgehead atoms. The van der Waals surface area contributed by atoms with Crippen LogP contribution in [0.3, 0.4) is 0 Å². The van der Waals surface area contributed by atoms with E-state index in [1.54, 1.807) is 0 Å². The highest BCUT2D eigenvalue weighted by molar-refractivity contribution is 7.96. The quantitative estimate of drug-likeness (QED) is 0.213. The number of hydrogen-bond donors (Lipinski definition) is 8. The van der Waals surface area contributed by atoms with E-state index in [2.05, 4.69) is 5.32 Å². The highest BCUT2D eigenvalue weighted by atomic mass is 32.3. The van der Waals surface area contributed by atoms with Crippen LogP contribution in [-0.2, 0) is 19.9 Å². The Labute approximate surface area is 152 Å². The second-order valence-electron chi connectivity index (χ2n) is 6.18. The lowest BCUT2D eigenvalue weighted by Crippen LogP contribution is -2.54. The summed E-state index contributed by atoms with van der Waals surface area (Å²) in [5.41, 5.74) is -0.211. The minimum absolute atomic E-state index is 0.198. The van der Waals surface area contributed by atoms with Crippen LogP contribution in [0.1, 0.15) is 31.4 Å². The van der Waals surface area contributed by atoms with Crippen LogP contribution >= 0.6 is 11.3 Å². The van der Waals surface area contributed by atoms with E-state index in [1.165, 1.54) is 0 Å². The third-order valence-corrected chi connectivity index (χ3v) is 8.90. The molecule has 2 unspecified atom stereocenters. The van der Waals surface area contributed by atoms with E-state index in [9.17, 15) is 32.2 Å². The molecule has 2 rings (SSSR count). The van der Waals surface area contributed by atoms with Crippen LogP contribution in [0, 0.1) is 0 Å². The molecule has 0 amide bonds. The van der Waals surface area contributed by atoms with Gasteiger partial charge in [0.15, 0.2) is 4.93 Å². The maximum Gasteiger partial charge on any atom is 0.279 e. The molecule has 1 aromatic rings. The molecule has 12 nitrogen and oxygen atoms in total. The van der Waals surface area contributed by atoms with E-state index in [-0.39, 0.29) is 16.9 Å². The van der Waals surface area contributed by atoms with Gasteiger partial charge in [-0.15, -0.1) is 11.3 Å². The van der Waals surface area contributed by atoms with Crippen molar-refractivity contribution in [2.75, 3.05) is 0 Å². The van der Waals surface area contributed by atoms with Crippen LogP contribution in [0.5, 0.6) is 0 Å². The molecule has 150 valence electrons. The summed E-state index contributed by atoms with van der Waals surface area (Å²) < 4.78 is 47.2. The van der Waals surface area contributed by atoms with Crippen LogP contribution in [0.4, 0.5) is 0 Å². The van der Waals surface area contributed by atoms with Crippen LogP contribution in [0.15, 0.2) is 14.5 Å². The second-order valence-corrected chi connectivity index (χ2v) is 11.4. The Bertz CT molecular complexity index is 909. The van der Waals surface area contributed by atoms with Gasteiger partial charge >= 0.3 is 0 Å². The molecule has 1 aliphatic rings. The molecule has 1 aromatic heterocycles. The molecular formula is C11H18N2O10S3. The fourth-order valence-electron chi connectivity index (χ4n) is 2.67. The van der Waals surface area contributed by atoms with Gasteiger partial charge in [0.25, 0.3) is 5.97 Å². The summed E-state index contributed by atoms with van der Waals surface area (Å²) in [5.74, 6) is -6.12. The first-order valence-corrected chi connectivity index (χ1v) is 10.7. The van der Waals surface area contributed by atoms with Crippen molar-refractivity contribution in [2.24, 2.45) is 5.14 Å². The third-order valence-electron chi connectivity index (χ3n) is 3.59. The normalized spacial score (nSPS) is 26.5. The number of fused-ring (bicyclic) bond motifs is 1. The molecule has 0 saturated carbocycles.